The van der Waals surface area contributed by atoms with Crippen molar-refractivity contribution < 1.29 is 8.42 Å². The molecule has 2 aromatic heterocycles. The molecule has 1 aliphatic heterocycles. The molecule has 1 fully saturated rings. The molecular weight excluding hydrogens is 458 g/mol. The number of aryl methyl sites for hydroxylation is 1. The Morgan fingerprint density at radius 2 is 1.57 bits per heavy atom. The number of pyridine rings is 1. The van der Waals surface area contributed by atoms with Crippen LogP contribution >= 0.6 is 0 Å². The van der Waals surface area contributed by atoms with Gasteiger partial charge in [0.25, 0.3) is 0 Å². The van der Waals surface area contributed by atoms with E-state index in [-0.39, 0.29) is 10.8 Å². The number of piperazine rings is 1. The Hall–Kier alpha value is -3.36. The Balaban J connectivity index is 1.45. The molecule has 0 unspecified atom stereocenters. The predicted molar refractivity (Wildman–Crippen MR) is 139 cm³/mol. The summed E-state index contributed by atoms with van der Waals surface area (Å²) in [5.41, 5.74) is 3.55. The highest BCUT2D eigenvalue weighted by Gasteiger charge is 2.32. The zero-order valence-electron chi connectivity index (χ0n) is 20.2. The number of rotatable bonds is 5. The fourth-order valence-corrected chi connectivity index (χ4v) is 6.35. The minimum Gasteiger partial charge on any atom is -0.354 e. The van der Waals surface area contributed by atoms with Crippen LogP contribution in [0.15, 0.2) is 71.8 Å². The van der Waals surface area contributed by atoms with Gasteiger partial charge in [-0.3, -0.25) is 4.98 Å². The molecule has 180 valence electrons. The Bertz CT molecular complexity index is 1460. The maximum atomic E-state index is 13.6. The van der Waals surface area contributed by atoms with Crippen LogP contribution in [-0.4, -0.2) is 53.9 Å². The molecule has 0 N–H and O–H groups in total. The molecule has 0 amide bonds. The molecule has 7 nitrogen and oxygen atoms in total. The summed E-state index contributed by atoms with van der Waals surface area (Å²) in [5.74, 6) is 1.84. The minimum absolute atomic E-state index is 0.248. The summed E-state index contributed by atoms with van der Waals surface area (Å²) in [6.07, 6.45) is 1.63. The van der Waals surface area contributed by atoms with Crippen molar-refractivity contribution in [1.29, 1.82) is 0 Å². The number of aromatic nitrogens is 3. The Morgan fingerprint density at radius 3 is 2.29 bits per heavy atom. The highest BCUT2D eigenvalue weighted by molar-refractivity contribution is 7.89. The summed E-state index contributed by atoms with van der Waals surface area (Å²) in [6, 6.07) is 19.0. The lowest BCUT2D eigenvalue weighted by Crippen LogP contribution is -2.49. The molecule has 1 saturated heterocycles. The second kappa shape index (κ2) is 9.36. The van der Waals surface area contributed by atoms with Crippen molar-refractivity contribution >= 4 is 26.7 Å². The lowest BCUT2D eigenvalue weighted by Gasteiger charge is -2.36. The fourth-order valence-electron chi connectivity index (χ4n) is 4.76. The summed E-state index contributed by atoms with van der Waals surface area (Å²) in [7, 11) is -3.67. The number of benzene rings is 2. The number of para-hydroxylation sites is 1. The van der Waals surface area contributed by atoms with Crippen molar-refractivity contribution in [1.82, 2.24) is 19.3 Å². The SMILES string of the molecule is Cc1nc(-c2ccccc2)nc(N2CCN(S(=O)(=O)c3cccc4cccnc34)CC2)c1C(C)C. The van der Waals surface area contributed by atoms with E-state index in [0.29, 0.717) is 37.5 Å². The monoisotopic (exact) mass is 487 g/mol. The summed E-state index contributed by atoms with van der Waals surface area (Å²) in [6.45, 7) is 8.20. The second-order valence-corrected chi connectivity index (χ2v) is 11.0. The zero-order valence-corrected chi connectivity index (χ0v) is 21.0. The average molecular weight is 488 g/mol. The maximum Gasteiger partial charge on any atom is 0.245 e. The number of hydrogen-bond acceptors (Lipinski definition) is 6. The standard InChI is InChI=1S/C27H29N5O2S/c1-19(2)24-20(3)29-26(22-9-5-4-6-10-22)30-27(24)31-15-17-32(18-16-31)35(33,34)23-13-7-11-21-12-8-14-28-25(21)23/h4-14,19H,15-18H2,1-3H3. The van der Waals surface area contributed by atoms with Gasteiger partial charge in [0, 0.05) is 54.6 Å². The van der Waals surface area contributed by atoms with E-state index in [9.17, 15) is 8.42 Å². The highest BCUT2D eigenvalue weighted by Crippen LogP contribution is 2.32. The van der Waals surface area contributed by atoms with Crippen molar-refractivity contribution in [2.24, 2.45) is 0 Å². The third-order valence-corrected chi connectivity index (χ3v) is 8.41. The third-order valence-electron chi connectivity index (χ3n) is 6.48. The summed E-state index contributed by atoms with van der Waals surface area (Å²) < 4.78 is 28.7. The molecule has 0 spiro atoms. The van der Waals surface area contributed by atoms with E-state index < -0.39 is 10.0 Å². The lowest BCUT2D eigenvalue weighted by atomic mass is 10.0. The van der Waals surface area contributed by atoms with E-state index in [1.807, 2.05) is 55.5 Å². The van der Waals surface area contributed by atoms with Gasteiger partial charge in [-0.05, 0) is 25.0 Å². The van der Waals surface area contributed by atoms with Crippen LogP contribution in [0.1, 0.15) is 31.0 Å². The van der Waals surface area contributed by atoms with Gasteiger partial charge in [0.1, 0.15) is 10.7 Å². The summed E-state index contributed by atoms with van der Waals surface area (Å²) >= 11 is 0. The normalized spacial score (nSPS) is 15.1. The number of fused-ring (bicyclic) bond motifs is 1. The first-order valence-electron chi connectivity index (χ1n) is 11.9. The predicted octanol–water partition coefficient (Wildman–Crippen LogP) is 4.63. The van der Waals surface area contributed by atoms with Gasteiger partial charge >= 0.3 is 0 Å². The van der Waals surface area contributed by atoms with Gasteiger partial charge in [-0.25, -0.2) is 18.4 Å². The Morgan fingerprint density at radius 1 is 0.857 bits per heavy atom. The van der Waals surface area contributed by atoms with E-state index in [1.165, 1.54) is 0 Å². The largest absolute Gasteiger partial charge is 0.354 e. The molecule has 0 bridgehead atoms. The quantitative estimate of drug-likeness (QED) is 0.408. The molecule has 0 aliphatic carbocycles. The van der Waals surface area contributed by atoms with Gasteiger partial charge in [0.15, 0.2) is 5.82 Å². The van der Waals surface area contributed by atoms with E-state index in [2.05, 4.69) is 23.7 Å². The molecule has 8 heteroatoms. The average Bonchev–Trinajstić information content (AvgIpc) is 2.88. The maximum absolute atomic E-state index is 13.6. The van der Waals surface area contributed by atoms with Gasteiger partial charge in [0.2, 0.25) is 10.0 Å². The lowest BCUT2D eigenvalue weighted by molar-refractivity contribution is 0.383. The Labute approximate surface area is 206 Å². The molecule has 4 aromatic rings. The van der Waals surface area contributed by atoms with Gasteiger partial charge < -0.3 is 4.90 Å². The van der Waals surface area contributed by atoms with Crippen LogP contribution < -0.4 is 4.90 Å². The topological polar surface area (TPSA) is 79.3 Å². The number of anilines is 1. The van der Waals surface area contributed by atoms with Gasteiger partial charge in [0.05, 0.1) is 5.52 Å². The molecule has 3 heterocycles. The first-order chi connectivity index (χ1) is 16.9. The number of nitrogens with zero attached hydrogens (tertiary/aromatic N) is 5. The number of hydrogen-bond donors (Lipinski definition) is 0. The fraction of sp³-hybridized carbons (Fsp3) is 0.296. The molecule has 2 aromatic carbocycles. The third kappa shape index (κ3) is 4.39. The van der Waals surface area contributed by atoms with Crippen LogP contribution in [0.4, 0.5) is 5.82 Å². The first kappa shape index (κ1) is 23.4. The molecule has 0 saturated carbocycles. The van der Waals surface area contributed by atoms with Gasteiger partial charge in [-0.1, -0.05) is 62.4 Å². The molecule has 5 rings (SSSR count). The van der Waals surface area contributed by atoms with Crippen LogP contribution in [0.2, 0.25) is 0 Å². The van der Waals surface area contributed by atoms with Crippen molar-refractivity contribution in [3.63, 3.8) is 0 Å². The van der Waals surface area contributed by atoms with Gasteiger partial charge in [-0.15, -0.1) is 0 Å². The van der Waals surface area contributed by atoms with E-state index in [1.54, 1.807) is 22.6 Å². The molecule has 35 heavy (non-hydrogen) atoms. The van der Waals surface area contributed by atoms with Gasteiger partial charge in [-0.2, -0.15) is 4.31 Å². The Kier molecular flexibility index (Phi) is 6.25. The van der Waals surface area contributed by atoms with Crippen LogP contribution in [0.3, 0.4) is 0 Å². The van der Waals surface area contributed by atoms with E-state index >= 15 is 0 Å². The summed E-state index contributed by atoms with van der Waals surface area (Å²) in [5, 5.41) is 0.818. The van der Waals surface area contributed by atoms with Crippen LogP contribution in [0, 0.1) is 6.92 Å². The zero-order chi connectivity index (χ0) is 24.6. The molecule has 0 atom stereocenters. The first-order valence-corrected chi connectivity index (χ1v) is 13.3. The summed E-state index contributed by atoms with van der Waals surface area (Å²) in [4.78, 5) is 16.6. The van der Waals surface area contributed by atoms with E-state index in [4.69, 9.17) is 9.97 Å². The van der Waals surface area contributed by atoms with Crippen molar-refractivity contribution in [2.75, 3.05) is 31.1 Å². The van der Waals surface area contributed by atoms with E-state index in [0.717, 1.165) is 28.0 Å². The smallest absolute Gasteiger partial charge is 0.245 e. The van der Waals surface area contributed by atoms with Crippen molar-refractivity contribution in [3.05, 3.63) is 78.1 Å². The second-order valence-electron chi connectivity index (χ2n) is 9.11. The molecule has 1 aliphatic rings. The molecule has 0 radical (unpaired) electrons. The molecular formula is C27H29N5O2S. The minimum atomic E-state index is -3.67. The van der Waals surface area contributed by atoms with Crippen LogP contribution in [0.25, 0.3) is 22.3 Å². The van der Waals surface area contributed by atoms with Crippen molar-refractivity contribution in [3.8, 4) is 11.4 Å². The van der Waals surface area contributed by atoms with Crippen LogP contribution in [0.5, 0.6) is 0 Å². The van der Waals surface area contributed by atoms with Crippen molar-refractivity contribution in [2.45, 2.75) is 31.6 Å². The number of sulfonamides is 1. The highest BCUT2D eigenvalue weighted by atomic mass is 32.2. The van der Waals surface area contributed by atoms with Crippen LogP contribution in [-0.2, 0) is 10.0 Å².